The number of hydrogen-bond donors (Lipinski definition) is 1. The average Bonchev–Trinajstić information content (AvgIpc) is 3.86. The van der Waals surface area contributed by atoms with E-state index in [-0.39, 0.29) is 46.3 Å². The smallest absolute Gasteiger partial charge is 0.399 e. The van der Waals surface area contributed by atoms with Gasteiger partial charge in [0.15, 0.2) is 11.6 Å². The number of hydrogen-bond acceptors (Lipinski definition) is 10. The van der Waals surface area contributed by atoms with E-state index in [1.54, 1.807) is 18.6 Å². The molecule has 0 atom stereocenters. The minimum absolute atomic E-state index is 0.0247. The Kier molecular flexibility index (Phi) is 12.9. The van der Waals surface area contributed by atoms with Crippen molar-refractivity contribution in [2.75, 3.05) is 0 Å². The molecule has 1 N–H and O–H groups in total. The molecule has 296 valence electrons. The Morgan fingerprint density at radius 3 is 1.61 bits per heavy atom. The van der Waals surface area contributed by atoms with Crippen molar-refractivity contribution in [3.05, 3.63) is 113 Å². The number of aromatic amines is 1. The van der Waals surface area contributed by atoms with E-state index < -0.39 is 0 Å². The molecule has 9 nitrogen and oxygen atoms in total. The highest BCUT2D eigenvalue weighted by Crippen LogP contribution is 2.37. The van der Waals surface area contributed by atoms with Gasteiger partial charge in [0.2, 0.25) is 0 Å². The maximum atomic E-state index is 12.6. The minimum Gasteiger partial charge on any atom is -0.399 e. The molecule has 0 amide bonds. The molecule has 6 rings (SSSR count). The van der Waals surface area contributed by atoms with Crippen LogP contribution in [-0.4, -0.2) is 50.1 Å². The lowest BCUT2D eigenvalue weighted by Gasteiger charge is -2.32. The number of rotatable bonds is 10. The van der Waals surface area contributed by atoms with Crippen molar-refractivity contribution in [3.8, 4) is 11.1 Å². The Balaban J connectivity index is 0.000000215. The van der Waals surface area contributed by atoms with Gasteiger partial charge in [0.25, 0.3) is 5.56 Å². The van der Waals surface area contributed by atoms with E-state index in [0.717, 1.165) is 59.5 Å². The van der Waals surface area contributed by atoms with Crippen LogP contribution in [0.3, 0.4) is 0 Å². The van der Waals surface area contributed by atoms with Crippen molar-refractivity contribution in [1.82, 2.24) is 20.2 Å². The Hall–Kier alpha value is -4.10. The molecule has 5 aromatic rings. The van der Waals surface area contributed by atoms with Crippen LogP contribution in [0.2, 0.25) is 0 Å². The minimum atomic E-state index is -0.359. The van der Waals surface area contributed by atoms with Crippen LogP contribution in [0.5, 0.6) is 0 Å². The number of nitrogens with zero attached hydrogens (tertiary/aromatic N) is 3. The third kappa shape index (κ3) is 10.4. The van der Waals surface area contributed by atoms with Gasteiger partial charge in [0, 0.05) is 47.7 Å². The van der Waals surface area contributed by atoms with Gasteiger partial charge in [-0.25, -0.2) is 15.1 Å². The molecular weight excluding hydrogens is 739 g/mol. The summed E-state index contributed by atoms with van der Waals surface area (Å²) in [4.78, 5) is 46.9. The second-order valence-electron chi connectivity index (χ2n) is 17.7. The van der Waals surface area contributed by atoms with Crippen molar-refractivity contribution >= 4 is 46.8 Å². The van der Waals surface area contributed by atoms with Crippen LogP contribution in [0.1, 0.15) is 134 Å². The Bertz CT molecular complexity index is 2240. The first-order valence-corrected chi connectivity index (χ1v) is 20.8. The molecule has 0 radical (unpaired) electrons. The summed E-state index contributed by atoms with van der Waals surface area (Å²) in [6.07, 6.45) is 7.40. The van der Waals surface area contributed by atoms with E-state index in [1.165, 1.54) is 34.3 Å². The van der Waals surface area contributed by atoms with E-state index in [2.05, 4.69) is 115 Å². The zero-order chi connectivity index (χ0) is 41.2. The maximum Gasteiger partial charge on any atom is 0.494 e. The van der Waals surface area contributed by atoms with E-state index in [0.29, 0.717) is 19.3 Å². The van der Waals surface area contributed by atoms with Gasteiger partial charge < -0.3 is 9.31 Å². The standard InChI is InChI=1S/C23H32BNO3S.C21H23N3O2S/c1-15-13-17(24-27-22(5,6)23(7,8)28-24)11-9-16(15)10-12-18(26)19-14-25-20(29-19)21(2,3)4;1-13-9-15(16-10-19(26)24-23-11-16)6-5-14(13)7-8-17(25)18-12-22-20(27-18)21(2,3)4/h9,11,13-14H,10,12H2,1-8H3;5-6,9-12H,7-8H2,1-4H3,(H,24,26). The molecule has 12 heteroatoms. The molecule has 1 saturated heterocycles. The second-order valence-corrected chi connectivity index (χ2v) is 19.7. The number of H-pyrrole nitrogens is 1. The highest BCUT2D eigenvalue weighted by Gasteiger charge is 2.51. The Morgan fingerprint density at radius 1 is 0.696 bits per heavy atom. The number of benzene rings is 2. The lowest BCUT2D eigenvalue weighted by Crippen LogP contribution is -2.41. The maximum absolute atomic E-state index is 12.6. The van der Waals surface area contributed by atoms with Crippen LogP contribution in [0.15, 0.2) is 65.8 Å². The Labute approximate surface area is 339 Å². The summed E-state index contributed by atoms with van der Waals surface area (Å²) in [5, 5.41) is 8.21. The predicted octanol–water partition coefficient (Wildman–Crippen LogP) is 9.18. The quantitative estimate of drug-likeness (QED) is 0.110. The zero-order valence-corrected chi connectivity index (χ0v) is 36.5. The number of Topliss-reactive ketones (excluding diaryl/α,β-unsaturated/α-hetero) is 2. The predicted molar refractivity (Wildman–Crippen MR) is 229 cm³/mol. The molecule has 56 heavy (non-hydrogen) atoms. The van der Waals surface area contributed by atoms with Crippen LogP contribution in [0.4, 0.5) is 0 Å². The molecule has 0 aliphatic carbocycles. The highest BCUT2D eigenvalue weighted by atomic mass is 32.1. The van der Waals surface area contributed by atoms with Crippen LogP contribution in [0.25, 0.3) is 11.1 Å². The van der Waals surface area contributed by atoms with Crippen molar-refractivity contribution < 1.29 is 18.9 Å². The number of thiazole rings is 2. The van der Waals surface area contributed by atoms with Gasteiger partial charge in [-0.3, -0.25) is 14.4 Å². The summed E-state index contributed by atoms with van der Waals surface area (Å²) in [7, 11) is -0.359. The third-order valence-corrected chi connectivity index (χ3v) is 13.2. The molecule has 0 spiro atoms. The molecular formula is C44H55BN4O5S2. The normalized spacial score (nSPS) is 15.0. The fourth-order valence-corrected chi connectivity index (χ4v) is 7.94. The SMILES string of the molecule is Cc1cc(-c2cn[nH]c(=O)c2)ccc1CCC(=O)c1cnc(C(C)(C)C)s1.Cc1cc(B2OC(C)(C)C(C)(C)O2)ccc1CCC(=O)c1cnc(C(C)(C)C)s1. The number of aromatic nitrogens is 4. The summed E-state index contributed by atoms with van der Waals surface area (Å²) >= 11 is 3.00. The van der Waals surface area contributed by atoms with Gasteiger partial charge in [-0.1, -0.05) is 77.9 Å². The summed E-state index contributed by atoms with van der Waals surface area (Å²) in [6.45, 7) is 25.0. The van der Waals surface area contributed by atoms with E-state index in [9.17, 15) is 14.4 Å². The van der Waals surface area contributed by atoms with E-state index in [1.807, 2.05) is 25.1 Å². The number of carbonyl (C=O) groups excluding carboxylic acids is 2. The molecule has 2 aromatic carbocycles. The Morgan fingerprint density at radius 2 is 1.18 bits per heavy atom. The number of carbonyl (C=O) groups is 2. The van der Waals surface area contributed by atoms with E-state index in [4.69, 9.17) is 9.31 Å². The molecule has 1 fully saturated rings. The lowest BCUT2D eigenvalue weighted by atomic mass is 9.77. The molecule has 3 aromatic heterocycles. The van der Waals surface area contributed by atoms with Gasteiger partial charge in [-0.2, -0.15) is 5.10 Å². The van der Waals surface area contributed by atoms with Gasteiger partial charge in [0.05, 0.1) is 37.2 Å². The first kappa shape index (κ1) is 43.0. The summed E-state index contributed by atoms with van der Waals surface area (Å²) in [6, 6.07) is 13.8. The van der Waals surface area contributed by atoms with Crippen LogP contribution in [-0.2, 0) is 33.0 Å². The van der Waals surface area contributed by atoms with Crippen molar-refractivity contribution in [3.63, 3.8) is 0 Å². The van der Waals surface area contributed by atoms with Crippen molar-refractivity contribution in [1.29, 1.82) is 0 Å². The summed E-state index contributed by atoms with van der Waals surface area (Å²) in [5.74, 6) is 0.290. The van der Waals surface area contributed by atoms with Gasteiger partial charge >= 0.3 is 7.12 Å². The third-order valence-electron chi connectivity index (χ3n) is 10.3. The second kappa shape index (κ2) is 16.8. The first-order chi connectivity index (χ1) is 26.0. The molecule has 1 aliphatic rings. The number of aryl methyl sites for hydroxylation is 4. The topological polar surface area (TPSA) is 124 Å². The number of ketones is 2. The molecule has 4 heterocycles. The largest absolute Gasteiger partial charge is 0.494 e. The fraction of sp³-hybridized carbons (Fsp3) is 0.455. The fourth-order valence-electron chi connectivity index (χ4n) is 6.06. The highest BCUT2D eigenvalue weighted by molar-refractivity contribution is 7.14. The van der Waals surface area contributed by atoms with Crippen LogP contribution in [0, 0.1) is 13.8 Å². The van der Waals surface area contributed by atoms with E-state index >= 15 is 0 Å². The van der Waals surface area contributed by atoms with Gasteiger partial charge in [0.1, 0.15) is 0 Å². The summed E-state index contributed by atoms with van der Waals surface area (Å²) in [5.41, 5.74) is 6.32. The molecule has 0 unspecified atom stereocenters. The zero-order valence-electron chi connectivity index (χ0n) is 34.9. The monoisotopic (exact) mass is 794 g/mol. The van der Waals surface area contributed by atoms with Crippen LogP contribution < -0.4 is 11.0 Å². The lowest BCUT2D eigenvalue weighted by molar-refractivity contribution is 0.00578. The molecule has 0 bridgehead atoms. The van der Waals surface area contributed by atoms with Crippen LogP contribution >= 0.6 is 22.7 Å². The molecule has 0 saturated carbocycles. The van der Waals surface area contributed by atoms with Crippen molar-refractivity contribution in [2.24, 2.45) is 0 Å². The van der Waals surface area contributed by atoms with Gasteiger partial charge in [-0.15, -0.1) is 22.7 Å². The van der Waals surface area contributed by atoms with Crippen molar-refractivity contribution in [2.45, 2.75) is 131 Å². The summed E-state index contributed by atoms with van der Waals surface area (Å²) < 4.78 is 12.3. The average molecular weight is 795 g/mol. The van der Waals surface area contributed by atoms with Gasteiger partial charge in [-0.05, 0) is 87.7 Å². The molecule has 1 aliphatic heterocycles. The first-order valence-electron chi connectivity index (χ1n) is 19.1. The number of nitrogens with one attached hydrogen (secondary N) is 1.